The molecule has 2 atom stereocenters. The van der Waals surface area contributed by atoms with Gasteiger partial charge in [-0.15, -0.1) is 0 Å². The number of ether oxygens (including phenoxy) is 2. The Morgan fingerprint density at radius 3 is 1.52 bits per heavy atom. The summed E-state index contributed by atoms with van der Waals surface area (Å²) in [5, 5.41) is 0. The highest BCUT2D eigenvalue weighted by atomic mass is 31.2. The van der Waals surface area contributed by atoms with Crippen LogP contribution >= 0.6 is 7.82 Å². The van der Waals surface area contributed by atoms with E-state index in [1.165, 1.54) is 141 Å². The van der Waals surface area contributed by atoms with Crippen molar-refractivity contribution in [2.75, 3.05) is 33.0 Å². The number of carbonyl (C=O) groups is 1. The highest BCUT2D eigenvalue weighted by molar-refractivity contribution is 7.47. The lowest BCUT2D eigenvalue weighted by molar-refractivity contribution is -0.154. The predicted molar refractivity (Wildman–Crippen MR) is 210 cm³/mol. The molecule has 0 rings (SSSR count). The zero-order chi connectivity index (χ0) is 36.6. The van der Waals surface area contributed by atoms with E-state index in [-0.39, 0.29) is 32.3 Å². The lowest BCUT2D eigenvalue weighted by atomic mass is 10.1. The Hall–Kier alpha value is -1.02. The monoisotopic (exact) mass is 730 g/mol. The van der Waals surface area contributed by atoms with E-state index in [0.717, 1.165) is 32.1 Å². The van der Waals surface area contributed by atoms with E-state index in [1.54, 1.807) is 0 Å². The number of nitrogens with two attached hydrogens (primary N) is 1. The first-order valence-corrected chi connectivity index (χ1v) is 22.3. The normalized spacial score (nSPS) is 13.8. The zero-order valence-electron chi connectivity index (χ0n) is 32.6. The topological polar surface area (TPSA) is 117 Å². The van der Waals surface area contributed by atoms with Crippen LogP contribution in [0.5, 0.6) is 0 Å². The predicted octanol–water partition coefficient (Wildman–Crippen LogP) is 12.1. The van der Waals surface area contributed by atoms with Gasteiger partial charge in [-0.1, -0.05) is 154 Å². The van der Waals surface area contributed by atoms with E-state index in [2.05, 4.69) is 38.2 Å². The van der Waals surface area contributed by atoms with Crippen molar-refractivity contribution >= 4 is 13.8 Å². The second kappa shape index (κ2) is 39.2. The molecule has 0 aliphatic carbocycles. The van der Waals surface area contributed by atoms with Gasteiger partial charge in [-0.3, -0.25) is 13.8 Å². The van der Waals surface area contributed by atoms with Crippen molar-refractivity contribution in [3.63, 3.8) is 0 Å². The van der Waals surface area contributed by atoms with Gasteiger partial charge in [0.25, 0.3) is 0 Å². The molecule has 50 heavy (non-hydrogen) atoms. The Balaban J connectivity index is 4.01. The molecule has 0 amide bonds. The third-order valence-corrected chi connectivity index (χ3v) is 9.83. The molecule has 0 saturated heterocycles. The molecule has 0 radical (unpaired) electrons. The minimum absolute atomic E-state index is 0.0958. The van der Waals surface area contributed by atoms with Crippen LogP contribution in [0.2, 0.25) is 0 Å². The Kier molecular flexibility index (Phi) is 38.4. The third-order valence-electron chi connectivity index (χ3n) is 8.84. The van der Waals surface area contributed by atoms with Crippen molar-refractivity contribution in [2.45, 2.75) is 200 Å². The van der Waals surface area contributed by atoms with Gasteiger partial charge in [0.05, 0.1) is 19.8 Å². The number of carbonyl (C=O) groups excluding carboxylic acids is 1. The van der Waals surface area contributed by atoms with Crippen LogP contribution in [0.3, 0.4) is 0 Å². The average Bonchev–Trinajstić information content (AvgIpc) is 3.10. The largest absolute Gasteiger partial charge is 0.472 e. The smallest absolute Gasteiger partial charge is 0.457 e. The molecule has 0 aromatic rings. The quantitative estimate of drug-likeness (QED) is 0.0277. The summed E-state index contributed by atoms with van der Waals surface area (Å²) >= 11 is 0. The van der Waals surface area contributed by atoms with E-state index >= 15 is 0 Å². The molecule has 0 aromatic carbocycles. The molecule has 0 aliphatic rings. The number of esters is 1. The van der Waals surface area contributed by atoms with Crippen LogP contribution in [-0.4, -0.2) is 49.9 Å². The van der Waals surface area contributed by atoms with Gasteiger partial charge in [-0.25, -0.2) is 4.57 Å². The molecule has 3 N–H and O–H groups in total. The molecular formula is C41H80NO7P. The highest BCUT2D eigenvalue weighted by Gasteiger charge is 2.25. The van der Waals surface area contributed by atoms with Crippen LogP contribution in [0.4, 0.5) is 0 Å². The van der Waals surface area contributed by atoms with Crippen LogP contribution in [0, 0.1) is 0 Å². The molecule has 0 fully saturated rings. The Bertz CT molecular complexity index is 823. The van der Waals surface area contributed by atoms with Gasteiger partial charge in [-0.05, 0) is 57.8 Å². The van der Waals surface area contributed by atoms with Crippen molar-refractivity contribution < 1.29 is 32.8 Å². The molecule has 9 heteroatoms. The maximum absolute atomic E-state index is 12.6. The first-order valence-electron chi connectivity index (χ1n) is 20.8. The van der Waals surface area contributed by atoms with E-state index in [0.29, 0.717) is 13.0 Å². The molecule has 0 saturated carbocycles. The number of phosphoric ester groups is 1. The van der Waals surface area contributed by atoms with Crippen molar-refractivity contribution in [1.29, 1.82) is 0 Å². The number of hydrogen-bond donors (Lipinski definition) is 2. The number of allylic oxidation sites excluding steroid dienone is 4. The zero-order valence-corrected chi connectivity index (χ0v) is 33.5. The fraction of sp³-hybridized carbons (Fsp3) is 0.878. The summed E-state index contributed by atoms with van der Waals surface area (Å²) in [6.07, 6.45) is 41.9. The number of hydrogen-bond acceptors (Lipinski definition) is 7. The van der Waals surface area contributed by atoms with Gasteiger partial charge in [0.2, 0.25) is 0 Å². The summed E-state index contributed by atoms with van der Waals surface area (Å²) in [7, 11) is -4.27. The summed E-state index contributed by atoms with van der Waals surface area (Å²) in [5.41, 5.74) is 5.36. The Morgan fingerprint density at radius 2 is 1.02 bits per heavy atom. The maximum Gasteiger partial charge on any atom is 0.472 e. The van der Waals surface area contributed by atoms with E-state index in [1.807, 2.05) is 0 Å². The SMILES string of the molecule is CCCC/C=C\CCCCCCCCOCC(COP(=O)(O)OCCN)OC(=O)CCCCCCCCCCC/C=C\CCCCCCCC. The van der Waals surface area contributed by atoms with Gasteiger partial charge < -0.3 is 20.1 Å². The summed E-state index contributed by atoms with van der Waals surface area (Å²) in [4.78, 5) is 22.4. The number of unbranched alkanes of at least 4 members (excludes halogenated alkanes) is 23. The van der Waals surface area contributed by atoms with Crippen LogP contribution in [0.15, 0.2) is 24.3 Å². The van der Waals surface area contributed by atoms with Gasteiger partial charge in [0.1, 0.15) is 6.10 Å². The second-order valence-electron chi connectivity index (χ2n) is 13.8. The summed E-state index contributed by atoms with van der Waals surface area (Å²) in [5.74, 6) is -0.334. The minimum Gasteiger partial charge on any atom is -0.457 e. The fourth-order valence-corrected chi connectivity index (χ4v) is 6.50. The van der Waals surface area contributed by atoms with Crippen LogP contribution < -0.4 is 5.73 Å². The minimum atomic E-state index is -4.27. The van der Waals surface area contributed by atoms with Crippen molar-refractivity contribution in [2.24, 2.45) is 5.73 Å². The standard InChI is InChI=1S/C41H80NO7P/c1-3-5-7-9-11-13-15-17-18-19-20-21-22-23-24-26-28-30-32-34-41(43)49-40(39-48-50(44,45)47-37-35-42)38-46-36-33-31-29-27-25-16-14-12-10-8-6-4-2/h10,12,17-18,40H,3-9,11,13-16,19-39,42H2,1-2H3,(H,44,45)/b12-10-,18-17-. The summed E-state index contributed by atoms with van der Waals surface area (Å²) in [6.45, 7) is 4.88. The van der Waals surface area contributed by atoms with Crippen LogP contribution in [0.1, 0.15) is 194 Å². The van der Waals surface area contributed by atoms with Gasteiger partial charge >= 0.3 is 13.8 Å². The number of phosphoric acid groups is 1. The molecule has 2 unspecified atom stereocenters. The van der Waals surface area contributed by atoms with Crippen molar-refractivity contribution in [3.05, 3.63) is 24.3 Å². The summed E-state index contributed by atoms with van der Waals surface area (Å²) < 4.78 is 33.3. The fourth-order valence-electron chi connectivity index (χ4n) is 5.74. The first-order chi connectivity index (χ1) is 24.4. The Morgan fingerprint density at radius 1 is 0.580 bits per heavy atom. The van der Waals surface area contributed by atoms with Gasteiger partial charge in [0, 0.05) is 19.6 Å². The molecule has 0 spiro atoms. The van der Waals surface area contributed by atoms with Crippen molar-refractivity contribution in [1.82, 2.24) is 0 Å². The highest BCUT2D eigenvalue weighted by Crippen LogP contribution is 2.43. The Labute approximate surface area is 308 Å². The van der Waals surface area contributed by atoms with Crippen molar-refractivity contribution in [3.8, 4) is 0 Å². The first kappa shape index (κ1) is 49.0. The molecule has 8 nitrogen and oxygen atoms in total. The third kappa shape index (κ3) is 38.2. The van der Waals surface area contributed by atoms with E-state index < -0.39 is 13.9 Å². The average molecular weight is 730 g/mol. The molecule has 0 bridgehead atoms. The molecule has 296 valence electrons. The molecule has 0 heterocycles. The van der Waals surface area contributed by atoms with E-state index in [9.17, 15) is 14.3 Å². The molecule has 0 aliphatic heterocycles. The second-order valence-corrected chi connectivity index (χ2v) is 15.3. The van der Waals surface area contributed by atoms with Gasteiger partial charge in [0.15, 0.2) is 0 Å². The maximum atomic E-state index is 12.6. The van der Waals surface area contributed by atoms with Crippen LogP contribution in [0.25, 0.3) is 0 Å². The van der Waals surface area contributed by atoms with Gasteiger partial charge in [-0.2, -0.15) is 0 Å². The van der Waals surface area contributed by atoms with E-state index in [4.69, 9.17) is 24.3 Å². The van der Waals surface area contributed by atoms with Crippen LogP contribution in [-0.2, 0) is 27.9 Å². The number of rotatable bonds is 40. The molecule has 0 aromatic heterocycles. The lowest BCUT2D eigenvalue weighted by Crippen LogP contribution is -2.28. The summed E-state index contributed by atoms with van der Waals surface area (Å²) in [6, 6.07) is 0. The molecular weight excluding hydrogens is 649 g/mol. The lowest BCUT2D eigenvalue weighted by Gasteiger charge is -2.20.